The van der Waals surface area contributed by atoms with Crippen molar-refractivity contribution in [3.8, 4) is 0 Å². The zero-order valence-corrected chi connectivity index (χ0v) is 10.4. The molecule has 0 saturated heterocycles. The number of pyridine rings is 1. The number of hydrogen-bond acceptors (Lipinski definition) is 4. The Kier molecular flexibility index (Phi) is 3.95. The molecule has 0 bridgehead atoms. The molecule has 2 aromatic rings. The van der Waals surface area contributed by atoms with E-state index in [0.717, 1.165) is 5.56 Å². The van der Waals surface area contributed by atoms with Crippen molar-refractivity contribution in [2.75, 3.05) is 5.32 Å². The average Bonchev–Trinajstić information content (AvgIpc) is 2.46. The molecule has 0 amide bonds. The molecule has 0 aliphatic carbocycles. The van der Waals surface area contributed by atoms with Crippen LogP contribution in [-0.2, 0) is 6.54 Å². The summed E-state index contributed by atoms with van der Waals surface area (Å²) < 4.78 is 0. The molecule has 2 rings (SSSR count). The van der Waals surface area contributed by atoms with Crippen LogP contribution in [0.25, 0.3) is 0 Å². The first kappa shape index (κ1) is 13.5. The monoisotopic (exact) mass is 272 g/mol. The van der Waals surface area contributed by atoms with Gasteiger partial charge in [-0.15, -0.1) is 0 Å². The average molecular weight is 272 g/mol. The highest BCUT2D eigenvalue weighted by Crippen LogP contribution is 2.09. The summed E-state index contributed by atoms with van der Waals surface area (Å²) in [6.07, 6.45) is 1.28. The Hall–Kier alpha value is -2.89. The Morgan fingerprint density at radius 1 is 0.950 bits per heavy atom. The normalized spacial score (nSPS) is 10.0. The molecule has 6 nitrogen and oxygen atoms in total. The number of aromatic carboxylic acids is 2. The highest BCUT2D eigenvalue weighted by atomic mass is 16.4. The van der Waals surface area contributed by atoms with Gasteiger partial charge in [-0.25, -0.2) is 14.6 Å². The molecule has 0 fully saturated rings. The third-order valence-corrected chi connectivity index (χ3v) is 2.68. The molecule has 0 unspecified atom stereocenters. The van der Waals surface area contributed by atoms with Crippen LogP contribution in [0.3, 0.4) is 0 Å². The van der Waals surface area contributed by atoms with Crippen molar-refractivity contribution in [2.45, 2.75) is 6.54 Å². The minimum atomic E-state index is -1.02. The molecule has 0 radical (unpaired) electrons. The molecular formula is C14H12N2O4. The van der Waals surface area contributed by atoms with Gasteiger partial charge in [0.1, 0.15) is 5.82 Å². The molecule has 102 valence electrons. The van der Waals surface area contributed by atoms with E-state index in [1.54, 1.807) is 18.2 Å². The maximum absolute atomic E-state index is 10.7. The second kappa shape index (κ2) is 5.83. The molecule has 3 N–H and O–H groups in total. The number of nitrogens with zero attached hydrogens (tertiary/aromatic N) is 1. The lowest BCUT2D eigenvalue weighted by molar-refractivity contribution is 0.0686. The molecule has 0 spiro atoms. The summed E-state index contributed by atoms with van der Waals surface area (Å²) >= 11 is 0. The highest BCUT2D eigenvalue weighted by Gasteiger charge is 2.04. The number of rotatable bonds is 5. The van der Waals surface area contributed by atoms with Gasteiger partial charge in [0.25, 0.3) is 0 Å². The zero-order chi connectivity index (χ0) is 14.5. The lowest BCUT2D eigenvalue weighted by Crippen LogP contribution is -2.04. The van der Waals surface area contributed by atoms with Crippen LogP contribution in [0.5, 0.6) is 0 Å². The van der Waals surface area contributed by atoms with E-state index in [1.807, 2.05) is 0 Å². The minimum Gasteiger partial charge on any atom is -0.478 e. The van der Waals surface area contributed by atoms with Crippen molar-refractivity contribution in [3.63, 3.8) is 0 Å². The third-order valence-electron chi connectivity index (χ3n) is 2.68. The van der Waals surface area contributed by atoms with Gasteiger partial charge in [-0.1, -0.05) is 12.1 Å². The van der Waals surface area contributed by atoms with E-state index in [-0.39, 0.29) is 11.1 Å². The Balaban J connectivity index is 1.97. The fraction of sp³-hybridized carbons (Fsp3) is 0.0714. The number of aromatic nitrogens is 1. The fourth-order valence-corrected chi connectivity index (χ4v) is 1.58. The summed E-state index contributed by atoms with van der Waals surface area (Å²) in [6.45, 7) is 0.472. The Morgan fingerprint density at radius 3 is 2.05 bits per heavy atom. The summed E-state index contributed by atoms with van der Waals surface area (Å²) in [4.78, 5) is 25.3. The molecule has 0 saturated carbocycles. The maximum atomic E-state index is 10.7. The van der Waals surface area contributed by atoms with Crippen LogP contribution in [0.4, 0.5) is 5.82 Å². The van der Waals surface area contributed by atoms with Gasteiger partial charge in [0.2, 0.25) is 0 Å². The van der Waals surface area contributed by atoms with Gasteiger partial charge < -0.3 is 15.5 Å². The molecular weight excluding hydrogens is 260 g/mol. The van der Waals surface area contributed by atoms with Gasteiger partial charge in [-0.3, -0.25) is 0 Å². The fourth-order valence-electron chi connectivity index (χ4n) is 1.58. The van der Waals surface area contributed by atoms with Gasteiger partial charge in [0.15, 0.2) is 0 Å². The summed E-state index contributed by atoms with van der Waals surface area (Å²) in [5.41, 5.74) is 1.26. The van der Waals surface area contributed by atoms with Gasteiger partial charge >= 0.3 is 11.9 Å². The quantitative estimate of drug-likeness (QED) is 0.770. The second-order valence-electron chi connectivity index (χ2n) is 4.09. The number of benzene rings is 1. The summed E-state index contributed by atoms with van der Waals surface area (Å²) in [6, 6.07) is 9.52. The second-order valence-corrected chi connectivity index (χ2v) is 4.09. The standard InChI is InChI=1S/C14H12N2O4/c17-13(18)10-3-1-9(2-4-10)7-15-12-6-5-11(8-16-12)14(19)20/h1-6,8H,7H2,(H,15,16)(H,17,18)(H,19,20). The first-order valence-corrected chi connectivity index (χ1v) is 5.82. The predicted octanol–water partition coefficient (Wildman–Crippen LogP) is 2.09. The van der Waals surface area contributed by atoms with E-state index in [4.69, 9.17) is 10.2 Å². The highest BCUT2D eigenvalue weighted by molar-refractivity contribution is 5.87. The predicted molar refractivity (Wildman–Crippen MR) is 71.9 cm³/mol. The van der Waals surface area contributed by atoms with Crippen LogP contribution >= 0.6 is 0 Å². The van der Waals surface area contributed by atoms with E-state index < -0.39 is 11.9 Å². The number of carboxylic acid groups (broad SMARTS) is 2. The van der Waals surface area contributed by atoms with Gasteiger partial charge in [0.05, 0.1) is 11.1 Å². The van der Waals surface area contributed by atoms with Crippen LogP contribution in [-0.4, -0.2) is 27.1 Å². The summed E-state index contributed by atoms with van der Waals surface area (Å²) in [5.74, 6) is -1.43. The number of anilines is 1. The minimum absolute atomic E-state index is 0.126. The topological polar surface area (TPSA) is 99.5 Å². The molecule has 1 aromatic heterocycles. The molecule has 0 atom stereocenters. The van der Waals surface area contributed by atoms with Crippen molar-refractivity contribution < 1.29 is 19.8 Å². The van der Waals surface area contributed by atoms with Gasteiger partial charge in [-0.2, -0.15) is 0 Å². The molecule has 20 heavy (non-hydrogen) atoms. The lowest BCUT2D eigenvalue weighted by atomic mass is 10.1. The van der Waals surface area contributed by atoms with Crippen LogP contribution in [0.1, 0.15) is 26.3 Å². The Bertz CT molecular complexity index is 563. The van der Waals surface area contributed by atoms with Crippen molar-refractivity contribution in [2.24, 2.45) is 0 Å². The van der Waals surface area contributed by atoms with Gasteiger partial charge in [-0.05, 0) is 29.8 Å². The van der Waals surface area contributed by atoms with Crippen LogP contribution in [0.2, 0.25) is 0 Å². The Morgan fingerprint density at radius 2 is 1.55 bits per heavy atom. The largest absolute Gasteiger partial charge is 0.478 e. The van der Waals surface area contributed by atoms with E-state index in [2.05, 4.69) is 10.3 Å². The molecule has 0 aliphatic heterocycles. The zero-order valence-electron chi connectivity index (χ0n) is 10.4. The first-order chi connectivity index (χ1) is 9.56. The number of carbonyl (C=O) groups is 2. The summed E-state index contributed by atoms with van der Waals surface area (Å²) in [5, 5.41) is 20.6. The van der Waals surface area contributed by atoms with E-state index >= 15 is 0 Å². The molecule has 1 aromatic carbocycles. The van der Waals surface area contributed by atoms with Crippen molar-refractivity contribution in [1.29, 1.82) is 0 Å². The maximum Gasteiger partial charge on any atom is 0.337 e. The summed E-state index contributed by atoms with van der Waals surface area (Å²) in [7, 11) is 0. The smallest absolute Gasteiger partial charge is 0.337 e. The first-order valence-electron chi connectivity index (χ1n) is 5.82. The number of nitrogens with one attached hydrogen (secondary N) is 1. The van der Waals surface area contributed by atoms with E-state index in [0.29, 0.717) is 12.4 Å². The third kappa shape index (κ3) is 3.32. The van der Waals surface area contributed by atoms with Gasteiger partial charge in [0, 0.05) is 12.7 Å². The Labute approximate surface area is 114 Å². The lowest BCUT2D eigenvalue weighted by Gasteiger charge is -2.06. The van der Waals surface area contributed by atoms with Crippen LogP contribution < -0.4 is 5.32 Å². The SMILES string of the molecule is O=C(O)c1ccc(CNc2ccc(C(=O)O)cn2)cc1. The number of carboxylic acids is 2. The van der Waals surface area contributed by atoms with Crippen molar-refractivity contribution >= 4 is 17.8 Å². The van der Waals surface area contributed by atoms with E-state index in [9.17, 15) is 9.59 Å². The molecule has 1 heterocycles. The van der Waals surface area contributed by atoms with Crippen molar-refractivity contribution in [1.82, 2.24) is 4.98 Å². The van der Waals surface area contributed by atoms with Crippen LogP contribution in [0, 0.1) is 0 Å². The van der Waals surface area contributed by atoms with Crippen molar-refractivity contribution in [3.05, 3.63) is 59.3 Å². The molecule has 0 aliphatic rings. The number of hydrogen-bond donors (Lipinski definition) is 3. The molecule has 6 heteroatoms. The van der Waals surface area contributed by atoms with Crippen LogP contribution in [0.15, 0.2) is 42.6 Å². The van der Waals surface area contributed by atoms with E-state index in [1.165, 1.54) is 24.4 Å².